The van der Waals surface area contributed by atoms with E-state index in [4.69, 9.17) is 10.2 Å². The highest BCUT2D eigenvalue weighted by Crippen LogP contribution is 2.31. The van der Waals surface area contributed by atoms with Crippen LogP contribution in [0.2, 0.25) is 0 Å². The maximum absolute atomic E-state index is 12.7. The van der Waals surface area contributed by atoms with E-state index in [1.165, 1.54) is 11.2 Å². The van der Waals surface area contributed by atoms with Crippen LogP contribution in [0.25, 0.3) is 0 Å². The zero-order valence-electron chi connectivity index (χ0n) is 11.0. The third-order valence-electron chi connectivity index (χ3n) is 3.46. The highest BCUT2D eigenvalue weighted by Gasteiger charge is 2.38. The number of nitrogens with zero attached hydrogens (tertiary/aromatic N) is 2. The Hall–Kier alpha value is -1.45. The number of carbonyl (C=O) groups is 1. The van der Waals surface area contributed by atoms with E-state index in [9.17, 15) is 13.2 Å². The lowest BCUT2D eigenvalue weighted by molar-refractivity contribution is 0.0685. The lowest BCUT2D eigenvalue weighted by Gasteiger charge is -2.36. The van der Waals surface area contributed by atoms with Gasteiger partial charge < -0.3 is 10.2 Å². The van der Waals surface area contributed by atoms with Gasteiger partial charge in [0.1, 0.15) is 4.90 Å². The van der Waals surface area contributed by atoms with E-state index in [2.05, 4.69) is 10.2 Å². The van der Waals surface area contributed by atoms with E-state index in [-0.39, 0.29) is 29.8 Å². The molecule has 3 N–H and O–H groups in total. The number of aromatic nitrogens is 2. The molecule has 0 radical (unpaired) electrons. The third-order valence-corrected chi connectivity index (χ3v) is 5.58. The van der Waals surface area contributed by atoms with Crippen LogP contribution in [0.15, 0.2) is 4.90 Å². The van der Waals surface area contributed by atoms with E-state index in [0.29, 0.717) is 0 Å². The minimum Gasteiger partial charge on any atom is -0.476 e. The summed E-state index contributed by atoms with van der Waals surface area (Å²) in [6.07, 6.45) is 2.37. The van der Waals surface area contributed by atoms with Crippen LogP contribution < -0.4 is 0 Å². The molecule has 1 heterocycles. The Morgan fingerprint density at radius 3 is 2.60 bits per heavy atom. The second kappa shape index (κ2) is 5.51. The summed E-state index contributed by atoms with van der Waals surface area (Å²) in [6.45, 7) is 1.11. The number of hydrogen-bond acceptors (Lipinski definition) is 5. The number of rotatable bonds is 6. The van der Waals surface area contributed by atoms with Gasteiger partial charge in [-0.15, -0.1) is 0 Å². The maximum Gasteiger partial charge on any atom is 0.357 e. The molecule has 1 saturated carbocycles. The van der Waals surface area contributed by atoms with Gasteiger partial charge in [-0.05, 0) is 19.8 Å². The van der Waals surface area contributed by atoms with Crippen molar-refractivity contribution in [1.29, 1.82) is 0 Å². The number of sulfonamides is 1. The van der Waals surface area contributed by atoms with Crippen molar-refractivity contribution in [1.82, 2.24) is 14.5 Å². The van der Waals surface area contributed by atoms with Gasteiger partial charge >= 0.3 is 5.97 Å². The topological polar surface area (TPSA) is 124 Å². The van der Waals surface area contributed by atoms with Crippen LogP contribution in [0.5, 0.6) is 0 Å². The third kappa shape index (κ3) is 2.43. The first kappa shape index (κ1) is 14.9. The fourth-order valence-electron chi connectivity index (χ4n) is 2.27. The number of aryl methyl sites for hydroxylation is 1. The molecule has 1 aromatic rings. The van der Waals surface area contributed by atoms with E-state index >= 15 is 0 Å². The number of aromatic carboxylic acids is 1. The van der Waals surface area contributed by atoms with Crippen LogP contribution in [0.4, 0.5) is 0 Å². The normalized spacial score (nSPS) is 16.4. The van der Waals surface area contributed by atoms with Crippen LogP contribution in [-0.4, -0.2) is 58.3 Å². The smallest absolute Gasteiger partial charge is 0.357 e. The van der Waals surface area contributed by atoms with Gasteiger partial charge in [0.05, 0.1) is 12.3 Å². The minimum atomic E-state index is -3.99. The van der Waals surface area contributed by atoms with Gasteiger partial charge in [0.15, 0.2) is 5.69 Å². The van der Waals surface area contributed by atoms with E-state index in [1.807, 2.05) is 0 Å². The lowest BCUT2D eigenvalue weighted by Crippen LogP contribution is -2.45. The predicted octanol–water partition coefficient (Wildman–Crippen LogP) is -0.0482. The second-order valence-electron chi connectivity index (χ2n) is 4.76. The summed E-state index contributed by atoms with van der Waals surface area (Å²) < 4.78 is 26.5. The highest BCUT2D eigenvalue weighted by atomic mass is 32.2. The number of H-pyrrole nitrogens is 1. The van der Waals surface area contributed by atoms with Crippen LogP contribution in [0.3, 0.4) is 0 Å². The fourth-order valence-corrected chi connectivity index (χ4v) is 4.24. The SMILES string of the molecule is Cc1[nH]nc(C(=O)O)c1S(=O)(=O)N(CCO)C1CCC1. The average molecular weight is 303 g/mol. The summed E-state index contributed by atoms with van der Waals surface area (Å²) in [6, 6.07) is -0.178. The molecular formula is C11H17N3O5S. The van der Waals surface area contributed by atoms with Crippen molar-refractivity contribution in [3.05, 3.63) is 11.4 Å². The van der Waals surface area contributed by atoms with Crippen molar-refractivity contribution in [2.75, 3.05) is 13.2 Å². The molecule has 112 valence electrons. The number of aliphatic hydroxyl groups excluding tert-OH is 1. The zero-order valence-corrected chi connectivity index (χ0v) is 11.9. The maximum atomic E-state index is 12.7. The Bertz CT molecular complexity index is 606. The van der Waals surface area contributed by atoms with Crippen LogP contribution in [0.1, 0.15) is 35.4 Å². The average Bonchev–Trinajstić information content (AvgIpc) is 2.69. The Morgan fingerprint density at radius 1 is 1.50 bits per heavy atom. The molecule has 9 heteroatoms. The molecule has 0 amide bonds. The van der Waals surface area contributed by atoms with E-state index < -0.39 is 21.7 Å². The Kier molecular flexibility index (Phi) is 4.11. The lowest BCUT2D eigenvalue weighted by atomic mass is 9.93. The van der Waals surface area contributed by atoms with Crippen LogP contribution in [-0.2, 0) is 10.0 Å². The van der Waals surface area contributed by atoms with E-state index in [0.717, 1.165) is 19.3 Å². The zero-order chi connectivity index (χ0) is 14.9. The van der Waals surface area contributed by atoms with Crippen molar-refractivity contribution in [3.8, 4) is 0 Å². The highest BCUT2D eigenvalue weighted by molar-refractivity contribution is 7.89. The van der Waals surface area contributed by atoms with Gasteiger partial charge in [-0.25, -0.2) is 13.2 Å². The minimum absolute atomic E-state index is 0.0450. The molecule has 2 rings (SSSR count). The molecule has 20 heavy (non-hydrogen) atoms. The standard InChI is InChI=1S/C11H17N3O5S/c1-7-10(9(11(16)17)13-12-7)20(18,19)14(5-6-15)8-3-2-4-8/h8,15H,2-6H2,1H3,(H,12,13)(H,16,17). The largest absolute Gasteiger partial charge is 0.476 e. The first-order chi connectivity index (χ1) is 9.39. The molecule has 0 spiro atoms. The summed E-state index contributed by atoms with van der Waals surface area (Å²) in [5.41, 5.74) is -0.325. The van der Waals surface area contributed by atoms with E-state index in [1.54, 1.807) is 0 Å². The summed E-state index contributed by atoms with van der Waals surface area (Å²) in [7, 11) is -3.99. The summed E-state index contributed by atoms with van der Waals surface area (Å²) >= 11 is 0. The van der Waals surface area contributed by atoms with Gasteiger partial charge in [0, 0.05) is 12.6 Å². The fraction of sp³-hybridized carbons (Fsp3) is 0.636. The van der Waals surface area contributed by atoms with Crippen molar-refractivity contribution >= 4 is 16.0 Å². The van der Waals surface area contributed by atoms with Gasteiger partial charge in [-0.2, -0.15) is 9.40 Å². The summed E-state index contributed by atoms with van der Waals surface area (Å²) in [5, 5.41) is 24.0. The second-order valence-corrected chi connectivity index (χ2v) is 6.58. The molecule has 0 unspecified atom stereocenters. The molecule has 0 saturated heterocycles. The summed E-state index contributed by atoms with van der Waals surface area (Å²) in [5.74, 6) is -1.40. The van der Waals surface area contributed by atoms with Gasteiger partial charge in [-0.1, -0.05) is 6.42 Å². The predicted molar refractivity (Wildman–Crippen MR) is 68.9 cm³/mol. The molecule has 1 aromatic heterocycles. The number of aromatic amines is 1. The quantitative estimate of drug-likeness (QED) is 0.677. The first-order valence-corrected chi connectivity index (χ1v) is 7.74. The molecule has 0 atom stereocenters. The van der Waals surface area contributed by atoms with Crippen molar-refractivity contribution in [2.24, 2.45) is 0 Å². The Balaban J connectivity index is 2.47. The van der Waals surface area contributed by atoms with Crippen molar-refractivity contribution in [2.45, 2.75) is 37.1 Å². The van der Waals surface area contributed by atoms with Gasteiger partial charge in [0.2, 0.25) is 10.0 Å². The molecular weight excluding hydrogens is 286 g/mol. The monoisotopic (exact) mass is 303 g/mol. The van der Waals surface area contributed by atoms with Crippen molar-refractivity contribution in [3.63, 3.8) is 0 Å². The molecule has 8 nitrogen and oxygen atoms in total. The van der Waals surface area contributed by atoms with Crippen LogP contribution >= 0.6 is 0 Å². The first-order valence-electron chi connectivity index (χ1n) is 6.30. The Labute approximate surface area is 116 Å². The van der Waals surface area contributed by atoms with Crippen molar-refractivity contribution < 1.29 is 23.4 Å². The molecule has 0 aromatic carbocycles. The molecule has 1 aliphatic rings. The van der Waals surface area contributed by atoms with Gasteiger partial charge in [0.25, 0.3) is 0 Å². The van der Waals surface area contributed by atoms with Crippen LogP contribution in [0, 0.1) is 6.92 Å². The summed E-state index contributed by atoms with van der Waals surface area (Å²) in [4.78, 5) is 10.8. The molecule has 0 aliphatic heterocycles. The molecule has 1 aliphatic carbocycles. The number of carboxylic acids is 1. The number of hydrogen-bond donors (Lipinski definition) is 3. The number of nitrogens with one attached hydrogen (secondary N) is 1. The number of carboxylic acid groups (broad SMARTS) is 1. The van der Waals surface area contributed by atoms with Gasteiger partial charge in [-0.3, -0.25) is 5.10 Å². The Morgan fingerprint density at radius 2 is 2.15 bits per heavy atom. The molecule has 1 fully saturated rings. The number of aliphatic hydroxyl groups is 1. The molecule has 0 bridgehead atoms.